The number of aryl methyl sites for hydroxylation is 1. The van der Waals surface area contributed by atoms with E-state index in [2.05, 4.69) is 57.0 Å². The van der Waals surface area contributed by atoms with Gasteiger partial charge in [-0.2, -0.15) is 4.57 Å². The molecule has 0 saturated carbocycles. The highest BCUT2D eigenvalue weighted by atomic mass is 35.5. The van der Waals surface area contributed by atoms with Gasteiger partial charge in [0.05, 0.1) is 31.4 Å². The number of rotatable bonds is 5. The molecular weight excluding hydrogens is 478 g/mol. The Kier molecular flexibility index (Phi) is 6.15. The molecule has 7 rings (SSSR count). The van der Waals surface area contributed by atoms with Gasteiger partial charge in [0.2, 0.25) is 6.79 Å². The molecule has 5 heterocycles. The molecule has 0 radical (unpaired) electrons. The first-order valence-corrected chi connectivity index (χ1v) is 12.6. The number of fused-ring (bicyclic) bond motifs is 5. The van der Waals surface area contributed by atoms with Gasteiger partial charge in [0.25, 0.3) is 5.52 Å². The van der Waals surface area contributed by atoms with Crippen molar-refractivity contribution in [2.75, 3.05) is 58.2 Å². The van der Waals surface area contributed by atoms with Crippen LogP contribution in [0.25, 0.3) is 22.7 Å². The first-order chi connectivity index (χ1) is 17.3. The van der Waals surface area contributed by atoms with E-state index >= 15 is 0 Å². The molecule has 2 aromatic carbocycles. The van der Waals surface area contributed by atoms with E-state index in [1.165, 1.54) is 39.0 Å². The monoisotopic (exact) mass is 507 g/mol. The fraction of sp³-hybridized carbons (Fsp3) is 0.393. The molecule has 1 aromatic heterocycles. The summed E-state index contributed by atoms with van der Waals surface area (Å²) in [6.07, 6.45) is 6.63. The standard InChI is InChI=1S/C28H30N3O4.ClH/c1-32-24-4-3-20-15-23-21-17-26-25(34-18-35-26)16-19(21)5-10-31(23)22-6-9-30(28(24)27(20)22)8-2-7-29-11-13-33-14-12-29;/h3-4,6,9,15-17H,2,5,7-8,10-14,18H2,1H3;1H/q+1;/p-1. The maximum absolute atomic E-state index is 5.87. The van der Waals surface area contributed by atoms with Crippen molar-refractivity contribution in [2.45, 2.75) is 19.4 Å². The summed E-state index contributed by atoms with van der Waals surface area (Å²) < 4.78 is 25.1. The fourth-order valence-electron chi connectivity index (χ4n) is 5.93. The number of methoxy groups -OCH3 is 1. The third kappa shape index (κ3) is 3.77. The van der Waals surface area contributed by atoms with Gasteiger partial charge in [0, 0.05) is 49.9 Å². The van der Waals surface area contributed by atoms with E-state index in [0.29, 0.717) is 6.79 Å². The molecule has 0 amide bonds. The lowest BCUT2D eigenvalue weighted by Crippen LogP contribution is -3.00. The molecule has 7 nitrogen and oxygen atoms in total. The summed E-state index contributed by atoms with van der Waals surface area (Å²) in [5, 5.41) is 1.27. The summed E-state index contributed by atoms with van der Waals surface area (Å²) in [7, 11) is 1.77. The van der Waals surface area contributed by atoms with Crippen molar-refractivity contribution >= 4 is 28.4 Å². The van der Waals surface area contributed by atoms with Gasteiger partial charge in [0.15, 0.2) is 23.4 Å². The van der Waals surface area contributed by atoms with E-state index in [0.717, 1.165) is 76.0 Å². The lowest BCUT2D eigenvalue weighted by atomic mass is 9.90. The summed E-state index contributed by atoms with van der Waals surface area (Å²) in [5.74, 6) is 2.62. The van der Waals surface area contributed by atoms with Crippen molar-refractivity contribution in [2.24, 2.45) is 0 Å². The minimum atomic E-state index is 0. The van der Waals surface area contributed by atoms with Crippen LogP contribution in [-0.4, -0.2) is 58.2 Å². The SMILES string of the molecule is COc1ccc2c3c(cc[n+](CCCN4CCOCC4)c13)N1CCc3cc4c(cc3C1=C2)OCO4.[Cl-]. The Labute approximate surface area is 217 Å². The van der Waals surface area contributed by atoms with Crippen LogP contribution in [0.2, 0.25) is 0 Å². The third-order valence-corrected chi connectivity index (χ3v) is 7.68. The Morgan fingerprint density at radius 1 is 1.03 bits per heavy atom. The van der Waals surface area contributed by atoms with E-state index in [9.17, 15) is 0 Å². The van der Waals surface area contributed by atoms with Crippen molar-refractivity contribution in [3.05, 3.63) is 53.2 Å². The lowest BCUT2D eigenvalue weighted by Gasteiger charge is -2.36. The Balaban J connectivity index is 0.00000240. The van der Waals surface area contributed by atoms with Gasteiger partial charge in [0.1, 0.15) is 6.54 Å². The Morgan fingerprint density at radius 3 is 2.69 bits per heavy atom. The largest absolute Gasteiger partial charge is 1.00 e. The van der Waals surface area contributed by atoms with Gasteiger partial charge in [-0.1, -0.05) is 6.07 Å². The highest BCUT2D eigenvalue weighted by Gasteiger charge is 2.33. The first-order valence-electron chi connectivity index (χ1n) is 12.6. The fourth-order valence-corrected chi connectivity index (χ4v) is 5.93. The number of anilines is 1. The molecule has 0 N–H and O–H groups in total. The number of hydrogen-bond acceptors (Lipinski definition) is 6. The van der Waals surface area contributed by atoms with Crippen LogP contribution in [0, 0.1) is 0 Å². The van der Waals surface area contributed by atoms with E-state index in [-0.39, 0.29) is 12.4 Å². The molecule has 0 unspecified atom stereocenters. The molecule has 1 saturated heterocycles. The number of pyridine rings is 1. The molecule has 1 fully saturated rings. The molecule has 8 heteroatoms. The number of benzene rings is 2. The zero-order chi connectivity index (χ0) is 23.4. The number of nitrogens with zero attached hydrogens (tertiary/aromatic N) is 3. The van der Waals surface area contributed by atoms with Gasteiger partial charge < -0.3 is 36.3 Å². The van der Waals surface area contributed by atoms with E-state index in [1.807, 2.05) is 0 Å². The van der Waals surface area contributed by atoms with Crippen molar-refractivity contribution in [1.82, 2.24) is 4.90 Å². The molecule has 0 aliphatic carbocycles. The Hall–Kier alpha value is -3.00. The highest BCUT2D eigenvalue weighted by molar-refractivity contribution is 6.10. The predicted octanol–water partition coefficient (Wildman–Crippen LogP) is 0.465. The summed E-state index contributed by atoms with van der Waals surface area (Å²) in [4.78, 5) is 4.95. The average molecular weight is 508 g/mol. The molecule has 188 valence electrons. The van der Waals surface area contributed by atoms with E-state index in [4.69, 9.17) is 18.9 Å². The van der Waals surface area contributed by atoms with Gasteiger partial charge >= 0.3 is 0 Å². The second-order valence-corrected chi connectivity index (χ2v) is 9.58. The minimum Gasteiger partial charge on any atom is -1.00 e. The molecule has 0 bridgehead atoms. The number of ether oxygens (including phenoxy) is 4. The molecule has 4 aliphatic heterocycles. The van der Waals surface area contributed by atoms with E-state index < -0.39 is 0 Å². The normalized spacial score (nSPS) is 17.8. The second-order valence-electron chi connectivity index (χ2n) is 9.58. The van der Waals surface area contributed by atoms with Crippen LogP contribution in [-0.2, 0) is 17.7 Å². The molecule has 4 aliphatic rings. The Bertz CT molecular complexity index is 1350. The predicted molar refractivity (Wildman–Crippen MR) is 134 cm³/mol. The third-order valence-electron chi connectivity index (χ3n) is 7.68. The minimum absolute atomic E-state index is 0. The van der Waals surface area contributed by atoms with Gasteiger partial charge in [-0.3, -0.25) is 4.90 Å². The number of hydrogen-bond donors (Lipinski definition) is 0. The summed E-state index contributed by atoms with van der Waals surface area (Å²) in [5.41, 5.74) is 7.44. The van der Waals surface area contributed by atoms with Crippen LogP contribution in [0.5, 0.6) is 17.2 Å². The number of morpholine rings is 1. The average Bonchev–Trinajstić information content (AvgIpc) is 3.36. The molecular formula is C28H30ClN3O4. The summed E-state index contributed by atoms with van der Waals surface area (Å²) >= 11 is 0. The van der Waals surface area contributed by atoms with Crippen LogP contribution < -0.4 is 36.1 Å². The molecule has 36 heavy (non-hydrogen) atoms. The van der Waals surface area contributed by atoms with Gasteiger partial charge in [-0.25, -0.2) is 0 Å². The number of aromatic nitrogens is 1. The lowest BCUT2D eigenvalue weighted by molar-refractivity contribution is -0.671. The second kappa shape index (κ2) is 9.47. The summed E-state index contributed by atoms with van der Waals surface area (Å²) in [6.45, 7) is 7.03. The van der Waals surface area contributed by atoms with Gasteiger partial charge in [-0.15, -0.1) is 0 Å². The summed E-state index contributed by atoms with van der Waals surface area (Å²) in [6, 6.07) is 10.9. The van der Waals surface area contributed by atoms with Crippen LogP contribution >= 0.6 is 0 Å². The molecule has 0 atom stereocenters. The number of halogens is 1. The first kappa shape index (κ1) is 23.4. The van der Waals surface area contributed by atoms with Crippen LogP contribution in [0.4, 0.5) is 5.69 Å². The smallest absolute Gasteiger partial charge is 0.257 e. The quantitative estimate of drug-likeness (QED) is 0.468. The highest BCUT2D eigenvalue weighted by Crippen LogP contribution is 2.47. The molecule has 0 spiro atoms. The van der Waals surface area contributed by atoms with Crippen LogP contribution in [0.15, 0.2) is 36.5 Å². The van der Waals surface area contributed by atoms with Crippen molar-refractivity contribution in [3.63, 3.8) is 0 Å². The van der Waals surface area contributed by atoms with Crippen LogP contribution in [0.1, 0.15) is 23.1 Å². The van der Waals surface area contributed by atoms with Crippen molar-refractivity contribution in [1.29, 1.82) is 0 Å². The van der Waals surface area contributed by atoms with Crippen LogP contribution in [0.3, 0.4) is 0 Å². The van der Waals surface area contributed by atoms with E-state index in [1.54, 1.807) is 7.11 Å². The maximum Gasteiger partial charge on any atom is 0.257 e. The van der Waals surface area contributed by atoms with Crippen molar-refractivity contribution < 1.29 is 35.9 Å². The molecule has 3 aromatic rings. The Morgan fingerprint density at radius 2 is 1.86 bits per heavy atom. The zero-order valence-corrected chi connectivity index (χ0v) is 21.2. The van der Waals surface area contributed by atoms with Gasteiger partial charge in [-0.05, 0) is 41.8 Å². The maximum atomic E-state index is 5.87. The van der Waals surface area contributed by atoms with Crippen molar-refractivity contribution in [3.8, 4) is 17.2 Å². The topological polar surface area (TPSA) is 47.3 Å². The zero-order valence-electron chi connectivity index (χ0n) is 20.5.